The minimum atomic E-state index is -0.104. The second-order valence-corrected chi connectivity index (χ2v) is 4.76. The van der Waals surface area contributed by atoms with E-state index < -0.39 is 0 Å². The summed E-state index contributed by atoms with van der Waals surface area (Å²) in [6.07, 6.45) is 0.755. The summed E-state index contributed by atoms with van der Waals surface area (Å²) in [7, 11) is 0. The van der Waals surface area contributed by atoms with Crippen molar-refractivity contribution in [1.82, 2.24) is 4.90 Å². The number of aliphatic hydroxyl groups excluding tert-OH is 1. The van der Waals surface area contributed by atoms with Gasteiger partial charge in [0.15, 0.2) is 0 Å². The second kappa shape index (κ2) is 7.86. The van der Waals surface area contributed by atoms with Gasteiger partial charge < -0.3 is 5.11 Å². The van der Waals surface area contributed by atoms with Gasteiger partial charge in [-0.05, 0) is 25.8 Å². The Balaban J connectivity index is 2.69. The van der Waals surface area contributed by atoms with Crippen LogP contribution in [0.3, 0.4) is 0 Å². The fourth-order valence-corrected chi connectivity index (χ4v) is 1.97. The largest absolute Gasteiger partial charge is 0.396 e. The van der Waals surface area contributed by atoms with E-state index in [2.05, 4.69) is 24.8 Å². The molecule has 0 radical (unpaired) electrons. The van der Waals surface area contributed by atoms with Crippen molar-refractivity contribution in [3.05, 3.63) is 35.9 Å². The van der Waals surface area contributed by atoms with Crippen molar-refractivity contribution in [1.29, 1.82) is 5.26 Å². The van der Waals surface area contributed by atoms with Crippen LogP contribution in [-0.2, 0) is 0 Å². The van der Waals surface area contributed by atoms with E-state index >= 15 is 0 Å². The molecule has 1 rings (SSSR count). The SMILES string of the molecule is CC(C)N(CCCO)CC(C#N)c1ccccc1. The molecule has 1 aromatic carbocycles. The van der Waals surface area contributed by atoms with E-state index in [0.29, 0.717) is 6.04 Å². The maximum Gasteiger partial charge on any atom is 0.0839 e. The van der Waals surface area contributed by atoms with Crippen LogP contribution in [-0.4, -0.2) is 35.7 Å². The van der Waals surface area contributed by atoms with Crippen LogP contribution >= 0.6 is 0 Å². The molecular weight excluding hydrogens is 224 g/mol. The van der Waals surface area contributed by atoms with E-state index in [0.717, 1.165) is 25.1 Å². The molecule has 0 saturated heterocycles. The first-order valence-corrected chi connectivity index (χ1v) is 6.48. The number of benzene rings is 1. The molecule has 0 aliphatic heterocycles. The van der Waals surface area contributed by atoms with Gasteiger partial charge in [0.05, 0.1) is 12.0 Å². The molecular formula is C15H22N2O. The van der Waals surface area contributed by atoms with E-state index in [1.807, 2.05) is 30.3 Å². The summed E-state index contributed by atoms with van der Waals surface area (Å²) in [6, 6.07) is 12.7. The van der Waals surface area contributed by atoms with Gasteiger partial charge in [0.2, 0.25) is 0 Å². The van der Waals surface area contributed by atoms with E-state index in [-0.39, 0.29) is 12.5 Å². The second-order valence-electron chi connectivity index (χ2n) is 4.76. The summed E-state index contributed by atoms with van der Waals surface area (Å²) >= 11 is 0. The standard InChI is InChI=1S/C15H22N2O/c1-13(2)17(9-6-10-18)12-15(11-16)14-7-4-3-5-8-14/h3-5,7-8,13,15,18H,6,9-10,12H2,1-2H3. The molecule has 1 aromatic rings. The molecule has 98 valence electrons. The summed E-state index contributed by atoms with van der Waals surface area (Å²) in [4.78, 5) is 2.25. The average Bonchev–Trinajstić information content (AvgIpc) is 2.39. The summed E-state index contributed by atoms with van der Waals surface area (Å²) in [5.74, 6) is -0.104. The fraction of sp³-hybridized carbons (Fsp3) is 0.533. The fourth-order valence-electron chi connectivity index (χ4n) is 1.97. The first-order valence-electron chi connectivity index (χ1n) is 6.48. The van der Waals surface area contributed by atoms with E-state index in [1.54, 1.807) is 0 Å². The Morgan fingerprint density at radius 2 is 1.94 bits per heavy atom. The number of hydrogen-bond acceptors (Lipinski definition) is 3. The lowest BCUT2D eigenvalue weighted by Gasteiger charge is -2.28. The molecule has 18 heavy (non-hydrogen) atoms. The zero-order valence-corrected chi connectivity index (χ0v) is 11.2. The van der Waals surface area contributed by atoms with Gasteiger partial charge in [0.25, 0.3) is 0 Å². The number of aliphatic hydroxyl groups is 1. The summed E-state index contributed by atoms with van der Waals surface area (Å²) in [5.41, 5.74) is 1.06. The minimum Gasteiger partial charge on any atom is -0.396 e. The molecule has 1 unspecified atom stereocenters. The summed E-state index contributed by atoms with van der Waals surface area (Å²) in [5, 5.41) is 18.2. The predicted molar refractivity (Wildman–Crippen MR) is 73.2 cm³/mol. The van der Waals surface area contributed by atoms with E-state index in [4.69, 9.17) is 5.11 Å². The Kier molecular flexibility index (Phi) is 6.42. The summed E-state index contributed by atoms with van der Waals surface area (Å²) in [6.45, 7) is 6.00. The van der Waals surface area contributed by atoms with E-state index in [9.17, 15) is 5.26 Å². The highest BCUT2D eigenvalue weighted by molar-refractivity contribution is 5.25. The minimum absolute atomic E-state index is 0.104. The average molecular weight is 246 g/mol. The number of hydrogen-bond donors (Lipinski definition) is 1. The number of nitriles is 1. The maximum atomic E-state index is 9.31. The molecule has 0 bridgehead atoms. The Morgan fingerprint density at radius 1 is 1.28 bits per heavy atom. The molecule has 1 N–H and O–H groups in total. The molecule has 1 atom stereocenters. The Morgan fingerprint density at radius 3 is 2.44 bits per heavy atom. The van der Waals surface area contributed by atoms with Gasteiger partial charge in [-0.15, -0.1) is 0 Å². The number of rotatable bonds is 7. The molecule has 0 saturated carbocycles. The smallest absolute Gasteiger partial charge is 0.0839 e. The maximum absolute atomic E-state index is 9.31. The molecule has 3 nitrogen and oxygen atoms in total. The van der Waals surface area contributed by atoms with Gasteiger partial charge in [0.1, 0.15) is 0 Å². The van der Waals surface area contributed by atoms with Crippen molar-refractivity contribution in [3.8, 4) is 6.07 Å². The Hall–Kier alpha value is -1.37. The van der Waals surface area contributed by atoms with Crippen LogP contribution in [0.4, 0.5) is 0 Å². The lowest BCUT2D eigenvalue weighted by atomic mass is 9.99. The first kappa shape index (κ1) is 14.7. The third-order valence-electron chi connectivity index (χ3n) is 3.11. The van der Waals surface area contributed by atoms with Crippen LogP contribution in [0.5, 0.6) is 0 Å². The zero-order valence-electron chi connectivity index (χ0n) is 11.2. The van der Waals surface area contributed by atoms with Crippen LogP contribution in [0, 0.1) is 11.3 Å². The summed E-state index contributed by atoms with van der Waals surface area (Å²) < 4.78 is 0. The van der Waals surface area contributed by atoms with Gasteiger partial charge in [-0.2, -0.15) is 5.26 Å². The highest BCUT2D eigenvalue weighted by Gasteiger charge is 2.17. The molecule has 0 aliphatic carbocycles. The third kappa shape index (κ3) is 4.48. The van der Waals surface area contributed by atoms with Crippen LogP contribution in [0.15, 0.2) is 30.3 Å². The van der Waals surface area contributed by atoms with Gasteiger partial charge in [0, 0.05) is 25.7 Å². The zero-order chi connectivity index (χ0) is 13.4. The molecule has 3 heteroatoms. The first-order chi connectivity index (χ1) is 8.69. The van der Waals surface area contributed by atoms with Gasteiger partial charge in [-0.25, -0.2) is 0 Å². The predicted octanol–water partition coefficient (Wildman–Crippen LogP) is 2.39. The Bertz CT molecular complexity index is 370. The van der Waals surface area contributed by atoms with Crippen molar-refractivity contribution >= 4 is 0 Å². The highest BCUT2D eigenvalue weighted by atomic mass is 16.3. The monoisotopic (exact) mass is 246 g/mol. The van der Waals surface area contributed by atoms with Crippen molar-refractivity contribution in [2.45, 2.75) is 32.2 Å². The van der Waals surface area contributed by atoms with Gasteiger partial charge in [-0.1, -0.05) is 30.3 Å². The number of nitrogens with zero attached hydrogens (tertiary/aromatic N) is 2. The van der Waals surface area contributed by atoms with Crippen molar-refractivity contribution in [3.63, 3.8) is 0 Å². The highest BCUT2D eigenvalue weighted by Crippen LogP contribution is 2.17. The molecule has 0 amide bonds. The van der Waals surface area contributed by atoms with Crippen LogP contribution in [0.2, 0.25) is 0 Å². The van der Waals surface area contributed by atoms with Gasteiger partial charge >= 0.3 is 0 Å². The topological polar surface area (TPSA) is 47.3 Å². The quantitative estimate of drug-likeness (QED) is 0.803. The van der Waals surface area contributed by atoms with Crippen molar-refractivity contribution < 1.29 is 5.11 Å². The lowest BCUT2D eigenvalue weighted by molar-refractivity contribution is 0.189. The molecule has 0 fully saturated rings. The molecule has 0 aromatic heterocycles. The normalized spacial score (nSPS) is 12.7. The Labute approximate surface area is 110 Å². The van der Waals surface area contributed by atoms with Crippen LogP contribution in [0.1, 0.15) is 31.7 Å². The molecule has 0 heterocycles. The molecule has 0 aliphatic rings. The third-order valence-corrected chi connectivity index (χ3v) is 3.11. The molecule has 0 spiro atoms. The van der Waals surface area contributed by atoms with Crippen molar-refractivity contribution in [2.24, 2.45) is 0 Å². The van der Waals surface area contributed by atoms with Crippen molar-refractivity contribution in [2.75, 3.05) is 19.7 Å². The lowest BCUT2D eigenvalue weighted by Crippen LogP contribution is -2.35. The van der Waals surface area contributed by atoms with Gasteiger partial charge in [-0.3, -0.25) is 4.90 Å². The van der Waals surface area contributed by atoms with Crippen LogP contribution < -0.4 is 0 Å². The van der Waals surface area contributed by atoms with Crippen LogP contribution in [0.25, 0.3) is 0 Å². The van der Waals surface area contributed by atoms with E-state index in [1.165, 1.54) is 0 Å².